The summed E-state index contributed by atoms with van der Waals surface area (Å²) in [5.41, 5.74) is 3.52. The maximum atomic E-state index is 11.4. The summed E-state index contributed by atoms with van der Waals surface area (Å²) in [6.45, 7) is 2.85. The minimum atomic E-state index is 0.162. The normalized spacial score (nSPS) is 11.7. The highest BCUT2D eigenvalue weighted by Gasteiger charge is 2.12. The fraction of sp³-hybridized carbons (Fsp3) is 0.333. The van der Waals surface area contributed by atoms with E-state index in [1.54, 1.807) is 0 Å². The zero-order chi connectivity index (χ0) is 17.2. The highest BCUT2D eigenvalue weighted by Crippen LogP contribution is 2.11. The van der Waals surface area contributed by atoms with E-state index in [1.165, 1.54) is 11.1 Å². The monoisotopic (exact) mass is 323 g/mol. The molecule has 1 amide bonds. The summed E-state index contributed by atoms with van der Waals surface area (Å²) < 4.78 is 0. The Balaban J connectivity index is 1.82. The molecule has 1 atom stereocenters. The summed E-state index contributed by atoms with van der Waals surface area (Å²) in [4.78, 5) is 23.8. The fourth-order valence-corrected chi connectivity index (χ4v) is 2.85. The predicted molar refractivity (Wildman–Crippen MR) is 96.9 cm³/mol. The second-order valence-electron chi connectivity index (χ2n) is 6.17. The van der Waals surface area contributed by atoms with E-state index in [9.17, 15) is 9.59 Å². The predicted octanol–water partition coefficient (Wildman–Crippen LogP) is 3.45. The van der Waals surface area contributed by atoms with E-state index in [4.69, 9.17) is 0 Å². The molecule has 0 heterocycles. The average molecular weight is 323 g/mol. The number of amides is 1. The summed E-state index contributed by atoms with van der Waals surface area (Å²) >= 11 is 0. The van der Waals surface area contributed by atoms with Crippen LogP contribution in [0.3, 0.4) is 0 Å². The highest BCUT2D eigenvalue weighted by molar-refractivity contribution is 5.54. The van der Waals surface area contributed by atoms with E-state index in [2.05, 4.69) is 19.1 Å². The van der Waals surface area contributed by atoms with Crippen LogP contribution in [0.2, 0.25) is 0 Å². The molecule has 3 heteroatoms. The Morgan fingerprint density at radius 1 is 0.917 bits per heavy atom. The molecule has 0 aliphatic carbocycles. The van der Waals surface area contributed by atoms with Gasteiger partial charge in [-0.25, -0.2) is 0 Å². The molecule has 24 heavy (non-hydrogen) atoms. The lowest BCUT2D eigenvalue weighted by molar-refractivity contribution is -0.120. The van der Waals surface area contributed by atoms with Crippen LogP contribution >= 0.6 is 0 Å². The Bertz CT molecular complexity index is 622. The highest BCUT2D eigenvalue weighted by atomic mass is 16.1. The van der Waals surface area contributed by atoms with Crippen molar-refractivity contribution in [3.63, 3.8) is 0 Å². The van der Waals surface area contributed by atoms with Crippen LogP contribution in [0.4, 0.5) is 0 Å². The molecule has 0 N–H and O–H groups in total. The number of nitrogens with zero attached hydrogens (tertiary/aromatic N) is 1. The first kappa shape index (κ1) is 17.9. The SMILES string of the molecule is CC(Cc1ccc(CC=O)cc1)N(C=O)CCCc1ccccc1. The van der Waals surface area contributed by atoms with E-state index >= 15 is 0 Å². The van der Waals surface area contributed by atoms with Gasteiger partial charge in [-0.1, -0.05) is 54.6 Å². The van der Waals surface area contributed by atoms with Crippen LogP contribution in [-0.2, 0) is 28.9 Å². The van der Waals surface area contributed by atoms with Gasteiger partial charge in [0, 0.05) is 19.0 Å². The Labute approximate surface area is 144 Å². The molecule has 2 rings (SSSR count). The van der Waals surface area contributed by atoms with Gasteiger partial charge < -0.3 is 9.69 Å². The van der Waals surface area contributed by atoms with Crippen molar-refractivity contribution in [2.24, 2.45) is 0 Å². The number of hydrogen-bond donors (Lipinski definition) is 0. The Morgan fingerprint density at radius 3 is 2.21 bits per heavy atom. The molecule has 126 valence electrons. The fourth-order valence-electron chi connectivity index (χ4n) is 2.85. The second-order valence-corrected chi connectivity index (χ2v) is 6.17. The molecular weight excluding hydrogens is 298 g/mol. The van der Waals surface area contributed by atoms with Gasteiger partial charge in [0.25, 0.3) is 0 Å². The van der Waals surface area contributed by atoms with Crippen LogP contribution in [0, 0.1) is 0 Å². The van der Waals surface area contributed by atoms with Gasteiger partial charge in [0.1, 0.15) is 6.29 Å². The van der Waals surface area contributed by atoms with E-state index in [0.717, 1.165) is 44.1 Å². The van der Waals surface area contributed by atoms with Gasteiger partial charge >= 0.3 is 0 Å². The smallest absolute Gasteiger partial charge is 0.209 e. The lowest BCUT2D eigenvalue weighted by Gasteiger charge is -2.25. The molecule has 1 unspecified atom stereocenters. The summed E-state index contributed by atoms with van der Waals surface area (Å²) in [5, 5.41) is 0. The van der Waals surface area contributed by atoms with Crippen LogP contribution in [0.1, 0.15) is 30.0 Å². The van der Waals surface area contributed by atoms with Gasteiger partial charge in [0.2, 0.25) is 6.41 Å². The van der Waals surface area contributed by atoms with Crippen LogP contribution in [0.15, 0.2) is 54.6 Å². The number of rotatable bonds is 10. The number of aryl methyl sites for hydroxylation is 1. The van der Waals surface area contributed by atoms with Crippen molar-refractivity contribution in [2.75, 3.05) is 6.54 Å². The molecule has 0 aromatic heterocycles. The molecule has 0 fully saturated rings. The van der Waals surface area contributed by atoms with Crippen molar-refractivity contribution in [1.29, 1.82) is 0 Å². The lowest BCUT2D eigenvalue weighted by Crippen LogP contribution is -2.34. The van der Waals surface area contributed by atoms with Gasteiger partial charge in [0.05, 0.1) is 0 Å². The zero-order valence-electron chi connectivity index (χ0n) is 14.2. The second kappa shape index (κ2) is 9.66. The first-order valence-corrected chi connectivity index (χ1v) is 8.49. The van der Waals surface area contributed by atoms with Crippen molar-refractivity contribution < 1.29 is 9.59 Å². The van der Waals surface area contributed by atoms with E-state index in [0.29, 0.717) is 6.42 Å². The first-order chi connectivity index (χ1) is 11.7. The molecular formula is C21H25NO2. The molecule has 0 bridgehead atoms. The first-order valence-electron chi connectivity index (χ1n) is 8.49. The zero-order valence-corrected chi connectivity index (χ0v) is 14.2. The average Bonchev–Trinajstić information content (AvgIpc) is 2.61. The van der Waals surface area contributed by atoms with Crippen LogP contribution in [-0.4, -0.2) is 30.2 Å². The molecule has 0 aliphatic rings. The summed E-state index contributed by atoms with van der Waals surface area (Å²) in [6.07, 6.45) is 5.10. The van der Waals surface area contributed by atoms with Gasteiger partial charge in [0.15, 0.2) is 0 Å². The maximum Gasteiger partial charge on any atom is 0.209 e. The summed E-state index contributed by atoms with van der Waals surface area (Å²) in [5.74, 6) is 0. The molecule has 3 nitrogen and oxygen atoms in total. The third-order valence-corrected chi connectivity index (χ3v) is 4.30. The number of benzene rings is 2. The van der Waals surface area contributed by atoms with Crippen molar-refractivity contribution in [2.45, 2.75) is 38.6 Å². The molecule has 0 saturated heterocycles. The van der Waals surface area contributed by atoms with Crippen LogP contribution in [0.5, 0.6) is 0 Å². The van der Waals surface area contributed by atoms with Crippen LogP contribution in [0.25, 0.3) is 0 Å². The van der Waals surface area contributed by atoms with Crippen molar-refractivity contribution in [3.05, 3.63) is 71.3 Å². The van der Waals surface area contributed by atoms with Crippen molar-refractivity contribution >= 4 is 12.7 Å². The van der Waals surface area contributed by atoms with Gasteiger partial charge in [-0.3, -0.25) is 4.79 Å². The third kappa shape index (κ3) is 5.65. The third-order valence-electron chi connectivity index (χ3n) is 4.30. The number of carbonyl (C=O) groups excluding carboxylic acids is 2. The standard InChI is InChI=1S/C21H25NO2/c1-18(16-21-11-9-20(10-12-21)13-15-23)22(17-24)14-5-8-19-6-3-2-4-7-19/h2-4,6-7,9-12,15,17-18H,5,8,13-14,16H2,1H3. The topological polar surface area (TPSA) is 37.4 Å². The van der Waals surface area contributed by atoms with Gasteiger partial charge in [-0.15, -0.1) is 0 Å². The number of aldehydes is 1. The quantitative estimate of drug-likeness (QED) is 0.628. The molecule has 2 aromatic carbocycles. The number of carbonyl (C=O) groups is 2. The van der Waals surface area contributed by atoms with E-state index < -0.39 is 0 Å². The Kier molecular flexibility index (Phi) is 7.21. The van der Waals surface area contributed by atoms with Crippen molar-refractivity contribution in [1.82, 2.24) is 4.90 Å². The summed E-state index contributed by atoms with van der Waals surface area (Å²) in [7, 11) is 0. The van der Waals surface area contributed by atoms with E-state index in [1.807, 2.05) is 47.4 Å². The van der Waals surface area contributed by atoms with Gasteiger partial charge in [-0.2, -0.15) is 0 Å². The molecule has 0 aliphatic heterocycles. The lowest BCUT2D eigenvalue weighted by atomic mass is 10.0. The van der Waals surface area contributed by atoms with Crippen molar-refractivity contribution in [3.8, 4) is 0 Å². The summed E-state index contributed by atoms with van der Waals surface area (Å²) in [6, 6.07) is 18.6. The van der Waals surface area contributed by atoms with Gasteiger partial charge in [-0.05, 0) is 42.9 Å². The molecule has 0 spiro atoms. The largest absolute Gasteiger partial charge is 0.342 e. The Hall–Kier alpha value is -2.42. The van der Waals surface area contributed by atoms with Crippen LogP contribution < -0.4 is 0 Å². The minimum Gasteiger partial charge on any atom is -0.342 e. The number of hydrogen-bond acceptors (Lipinski definition) is 2. The maximum absolute atomic E-state index is 11.4. The van der Waals surface area contributed by atoms with E-state index in [-0.39, 0.29) is 6.04 Å². The minimum absolute atomic E-state index is 0.162. The molecule has 0 radical (unpaired) electrons. The molecule has 0 saturated carbocycles. The molecule has 2 aromatic rings. The Morgan fingerprint density at radius 2 is 1.58 bits per heavy atom.